The number of rotatable bonds is 3. The van der Waals surface area contributed by atoms with Gasteiger partial charge >= 0.3 is 0 Å². The molecule has 3 atom stereocenters. The summed E-state index contributed by atoms with van der Waals surface area (Å²) in [5.74, 6) is 1.64. The first-order valence-corrected chi connectivity index (χ1v) is 8.54. The normalized spacial score (nSPS) is 34.2. The highest BCUT2D eigenvalue weighted by atomic mass is 79.9. The van der Waals surface area contributed by atoms with Crippen LogP contribution in [0.1, 0.15) is 31.2 Å². The Hall–Kier alpha value is 0.110. The molecular formula is C15H17Br2F. The molecule has 0 radical (unpaired) electrons. The van der Waals surface area contributed by atoms with Crippen molar-refractivity contribution in [1.82, 2.24) is 0 Å². The van der Waals surface area contributed by atoms with Crippen LogP contribution in [0.5, 0.6) is 0 Å². The molecule has 2 bridgehead atoms. The van der Waals surface area contributed by atoms with E-state index in [9.17, 15) is 4.39 Å². The number of alkyl halides is 1. The Balaban J connectivity index is 1.86. The summed E-state index contributed by atoms with van der Waals surface area (Å²) in [6.07, 6.45) is 6.62. The molecule has 0 nitrogen and oxygen atoms in total. The molecule has 0 amide bonds. The van der Waals surface area contributed by atoms with Crippen LogP contribution in [0, 0.1) is 23.1 Å². The van der Waals surface area contributed by atoms with Gasteiger partial charge in [0.25, 0.3) is 0 Å². The molecule has 2 aliphatic carbocycles. The Kier molecular flexibility index (Phi) is 3.57. The van der Waals surface area contributed by atoms with Crippen molar-refractivity contribution in [3.8, 4) is 0 Å². The fraction of sp³-hybridized carbons (Fsp3) is 0.600. The Bertz CT molecular complexity index is 460. The molecule has 0 aliphatic heterocycles. The van der Waals surface area contributed by atoms with Gasteiger partial charge in [-0.05, 0) is 60.6 Å². The Labute approximate surface area is 125 Å². The van der Waals surface area contributed by atoms with E-state index in [4.69, 9.17) is 0 Å². The van der Waals surface area contributed by atoms with Crippen LogP contribution in [0.25, 0.3) is 0 Å². The number of halogens is 3. The Morgan fingerprint density at radius 2 is 2.17 bits per heavy atom. The summed E-state index contributed by atoms with van der Waals surface area (Å²) in [6, 6.07) is 5.11. The quantitative estimate of drug-likeness (QED) is 0.626. The van der Waals surface area contributed by atoms with Gasteiger partial charge in [0.05, 0.1) is 0 Å². The first kappa shape index (κ1) is 13.1. The van der Waals surface area contributed by atoms with E-state index in [0.717, 1.165) is 28.1 Å². The van der Waals surface area contributed by atoms with Gasteiger partial charge in [-0.2, -0.15) is 0 Å². The van der Waals surface area contributed by atoms with Crippen molar-refractivity contribution >= 4 is 31.9 Å². The zero-order valence-electron chi connectivity index (χ0n) is 10.3. The molecule has 1 aromatic rings. The van der Waals surface area contributed by atoms with E-state index < -0.39 is 0 Å². The minimum atomic E-state index is -0.161. The molecule has 0 saturated heterocycles. The van der Waals surface area contributed by atoms with Crippen LogP contribution < -0.4 is 0 Å². The molecule has 98 valence electrons. The largest absolute Gasteiger partial charge is 0.207 e. The third-order valence-corrected chi connectivity index (χ3v) is 6.78. The molecule has 0 heterocycles. The van der Waals surface area contributed by atoms with E-state index in [-0.39, 0.29) is 5.82 Å². The van der Waals surface area contributed by atoms with Crippen molar-refractivity contribution in [2.45, 2.75) is 32.1 Å². The van der Waals surface area contributed by atoms with Crippen molar-refractivity contribution in [3.63, 3.8) is 0 Å². The van der Waals surface area contributed by atoms with Gasteiger partial charge in [-0.25, -0.2) is 4.39 Å². The molecule has 0 aromatic heterocycles. The van der Waals surface area contributed by atoms with Crippen molar-refractivity contribution in [3.05, 3.63) is 34.1 Å². The van der Waals surface area contributed by atoms with Gasteiger partial charge in [-0.1, -0.05) is 44.3 Å². The third-order valence-electron chi connectivity index (χ3n) is 4.93. The van der Waals surface area contributed by atoms with Crippen LogP contribution in [0.2, 0.25) is 0 Å². The molecule has 2 saturated carbocycles. The van der Waals surface area contributed by atoms with E-state index in [1.807, 2.05) is 6.07 Å². The van der Waals surface area contributed by atoms with Gasteiger partial charge in [-0.3, -0.25) is 0 Å². The van der Waals surface area contributed by atoms with E-state index >= 15 is 0 Å². The maximum absolute atomic E-state index is 13.1. The van der Waals surface area contributed by atoms with Crippen molar-refractivity contribution in [2.24, 2.45) is 17.3 Å². The smallest absolute Gasteiger partial charge is 0.124 e. The molecule has 0 N–H and O–H groups in total. The zero-order chi connectivity index (χ0) is 12.8. The van der Waals surface area contributed by atoms with Crippen LogP contribution >= 0.6 is 31.9 Å². The molecule has 1 aromatic carbocycles. The highest BCUT2D eigenvalue weighted by Crippen LogP contribution is 2.58. The summed E-state index contributed by atoms with van der Waals surface area (Å²) < 4.78 is 14.1. The lowest BCUT2D eigenvalue weighted by Gasteiger charge is -2.36. The van der Waals surface area contributed by atoms with E-state index in [1.54, 1.807) is 12.1 Å². The Morgan fingerprint density at radius 3 is 2.72 bits per heavy atom. The van der Waals surface area contributed by atoms with E-state index in [1.165, 1.54) is 31.2 Å². The van der Waals surface area contributed by atoms with Crippen LogP contribution in [0.3, 0.4) is 0 Å². The SMILES string of the molecule is Fc1ccc(CC2(CBr)CC3CCC2C3)c(Br)c1. The third kappa shape index (κ3) is 2.18. The summed E-state index contributed by atoms with van der Waals surface area (Å²) in [4.78, 5) is 0. The lowest BCUT2D eigenvalue weighted by molar-refractivity contribution is 0.196. The van der Waals surface area contributed by atoms with Gasteiger partial charge < -0.3 is 0 Å². The maximum atomic E-state index is 13.1. The predicted molar refractivity (Wildman–Crippen MR) is 79.5 cm³/mol. The minimum absolute atomic E-state index is 0.161. The highest BCUT2D eigenvalue weighted by Gasteiger charge is 2.50. The Morgan fingerprint density at radius 1 is 1.33 bits per heavy atom. The number of hydrogen-bond acceptors (Lipinski definition) is 0. The average Bonchev–Trinajstić information content (AvgIpc) is 2.93. The number of fused-ring (bicyclic) bond motifs is 2. The van der Waals surface area contributed by atoms with Crippen LogP contribution in [-0.2, 0) is 6.42 Å². The van der Waals surface area contributed by atoms with Crippen LogP contribution in [0.15, 0.2) is 22.7 Å². The molecule has 2 aliphatic rings. The predicted octanol–water partition coefficient (Wildman–Crippen LogP) is 5.33. The van der Waals surface area contributed by atoms with Crippen molar-refractivity contribution in [1.29, 1.82) is 0 Å². The summed E-state index contributed by atoms with van der Waals surface area (Å²) in [5, 5.41) is 1.07. The minimum Gasteiger partial charge on any atom is -0.207 e. The second-order valence-corrected chi connectivity index (χ2v) is 7.40. The molecule has 18 heavy (non-hydrogen) atoms. The first-order chi connectivity index (χ1) is 8.63. The lowest BCUT2D eigenvalue weighted by Crippen LogP contribution is -2.32. The highest BCUT2D eigenvalue weighted by molar-refractivity contribution is 9.10. The van der Waals surface area contributed by atoms with Gasteiger partial charge in [0, 0.05) is 9.80 Å². The summed E-state index contributed by atoms with van der Waals surface area (Å²) in [5.41, 5.74) is 1.66. The molecule has 2 fully saturated rings. The van der Waals surface area contributed by atoms with E-state index in [0.29, 0.717) is 5.41 Å². The monoisotopic (exact) mass is 374 g/mol. The molecular weight excluding hydrogens is 359 g/mol. The summed E-state index contributed by atoms with van der Waals surface area (Å²) >= 11 is 7.25. The molecule has 3 heteroatoms. The first-order valence-electron chi connectivity index (χ1n) is 6.63. The van der Waals surface area contributed by atoms with Gasteiger partial charge in [0.1, 0.15) is 5.82 Å². The number of hydrogen-bond donors (Lipinski definition) is 0. The van der Waals surface area contributed by atoms with Crippen LogP contribution in [0.4, 0.5) is 4.39 Å². The van der Waals surface area contributed by atoms with Gasteiger partial charge in [0.2, 0.25) is 0 Å². The second kappa shape index (κ2) is 4.90. The number of benzene rings is 1. The fourth-order valence-corrected chi connectivity index (χ4v) is 5.41. The second-order valence-electron chi connectivity index (χ2n) is 5.99. The average molecular weight is 376 g/mol. The zero-order valence-corrected chi connectivity index (χ0v) is 13.4. The molecule has 3 unspecified atom stereocenters. The van der Waals surface area contributed by atoms with Gasteiger partial charge in [0.15, 0.2) is 0 Å². The van der Waals surface area contributed by atoms with Gasteiger partial charge in [-0.15, -0.1) is 0 Å². The standard InChI is InChI=1S/C15H17Br2F/c16-9-15(7-10-1-3-12(15)5-10)8-11-2-4-13(18)6-14(11)17/h2,4,6,10,12H,1,3,5,7-9H2. The van der Waals surface area contributed by atoms with E-state index in [2.05, 4.69) is 31.9 Å². The summed E-state index contributed by atoms with van der Waals surface area (Å²) in [7, 11) is 0. The summed E-state index contributed by atoms with van der Waals surface area (Å²) in [6.45, 7) is 0. The van der Waals surface area contributed by atoms with Crippen molar-refractivity contribution < 1.29 is 4.39 Å². The lowest BCUT2D eigenvalue weighted by atomic mass is 9.71. The van der Waals surface area contributed by atoms with Crippen LogP contribution in [-0.4, -0.2) is 5.33 Å². The maximum Gasteiger partial charge on any atom is 0.124 e. The van der Waals surface area contributed by atoms with Crippen molar-refractivity contribution in [2.75, 3.05) is 5.33 Å². The fourth-order valence-electron chi connectivity index (χ4n) is 4.03. The topological polar surface area (TPSA) is 0 Å². The molecule has 0 spiro atoms. The molecule has 3 rings (SSSR count).